The maximum absolute atomic E-state index is 14.7. The Kier molecular flexibility index (Phi) is 5.72. The Bertz CT molecular complexity index is 1610. The number of halogens is 1. The maximum atomic E-state index is 14.7. The van der Waals surface area contributed by atoms with Crippen molar-refractivity contribution in [3.05, 3.63) is 104 Å². The predicted octanol–water partition coefficient (Wildman–Crippen LogP) is 5.39. The van der Waals surface area contributed by atoms with Crippen LogP contribution in [-0.4, -0.2) is 35.1 Å². The van der Waals surface area contributed by atoms with E-state index in [0.717, 1.165) is 5.56 Å². The lowest BCUT2D eigenvalue weighted by molar-refractivity contribution is -0.384. The molecule has 0 radical (unpaired) electrons. The Labute approximate surface area is 236 Å². The molecule has 1 saturated carbocycles. The summed E-state index contributed by atoms with van der Waals surface area (Å²) in [6.45, 7) is 5.59. The summed E-state index contributed by atoms with van der Waals surface area (Å²) in [4.78, 5) is 56.0. The molecule has 0 aromatic heterocycles. The van der Waals surface area contributed by atoms with Crippen molar-refractivity contribution in [1.82, 2.24) is 5.32 Å². The lowest BCUT2D eigenvalue weighted by Crippen LogP contribution is -2.54. The number of fused-ring (bicyclic) bond motifs is 5. The van der Waals surface area contributed by atoms with Crippen LogP contribution in [0.2, 0.25) is 5.02 Å². The molecule has 1 aliphatic heterocycles. The smallest absolute Gasteiger partial charge is 0.270 e. The molecule has 1 fully saturated rings. The van der Waals surface area contributed by atoms with Gasteiger partial charge in [-0.25, -0.2) is 0 Å². The second kappa shape index (κ2) is 8.73. The van der Waals surface area contributed by atoms with E-state index in [1.807, 2.05) is 51.1 Å². The highest BCUT2D eigenvalue weighted by atomic mass is 35.5. The molecule has 3 aliphatic rings. The molecule has 5 atom stereocenters. The summed E-state index contributed by atoms with van der Waals surface area (Å²) in [7, 11) is 1.68. The highest BCUT2D eigenvalue weighted by Crippen LogP contribution is 2.70. The number of likely N-dealkylation sites (N-methyl/N-ethyl adjacent to an activating group) is 1. The first-order valence-corrected chi connectivity index (χ1v) is 13.5. The van der Waals surface area contributed by atoms with Gasteiger partial charge in [0, 0.05) is 58.7 Å². The van der Waals surface area contributed by atoms with Crippen LogP contribution in [0.5, 0.6) is 0 Å². The Hall–Kier alpha value is -4.04. The molecule has 204 valence electrons. The average molecular weight is 558 g/mol. The van der Waals surface area contributed by atoms with E-state index in [-0.39, 0.29) is 28.8 Å². The van der Waals surface area contributed by atoms with Crippen molar-refractivity contribution in [3.8, 4) is 0 Å². The zero-order valence-corrected chi connectivity index (χ0v) is 23.2. The number of anilines is 1. The van der Waals surface area contributed by atoms with E-state index in [1.165, 1.54) is 12.1 Å². The second-order valence-electron chi connectivity index (χ2n) is 11.9. The van der Waals surface area contributed by atoms with Crippen LogP contribution in [0, 0.1) is 22.0 Å². The first-order chi connectivity index (χ1) is 18.9. The zero-order chi connectivity index (χ0) is 28.7. The number of amides is 2. The van der Waals surface area contributed by atoms with Crippen LogP contribution in [0.1, 0.15) is 59.7 Å². The number of Topliss-reactive ketones (excluding diaryl/α,β-unsaturated/α-hetero) is 1. The monoisotopic (exact) mass is 557 g/mol. The number of carbonyl (C=O) groups is 3. The number of nitro benzene ring substituents is 1. The van der Waals surface area contributed by atoms with Gasteiger partial charge in [0.2, 0.25) is 11.8 Å². The van der Waals surface area contributed by atoms with Crippen molar-refractivity contribution in [2.75, 3.05) is 11.9 Å². The summed E-state index contributed by atoms with van der Waals surface area (Å²) in [6, 6.07) is 18.8. The lowest BCUT2D eigenvalue weighted by Gasteiger charge is -2.38. The van der Waals surface area contributed by atoms with Gasteiger partial charge in [-0.15, -0.1) is 0 Å². The first kappa shape index (κ1) is 26.2. The second-order valence-corrected chi connectivity index (χ2v) is 12.4. The minimum absolute atomic E-state index is 0.192. The predicted molar refractivity (Wildman–Crippen MR) is 151 cm³/mol. The SMILES string of the molecule is CN1C(=O)C2(c3cc(Cl)ccc31)C(C(=O)NC(C)(C)C)C1c3ccc([N+](=O)[O-])cc3C(=O)C1C2c1ccccc1. The Morgan fingerprint density at radius 3 is 2.38 bits per heavy atom. The Balaban J connectivity index is 1.71. The molecular formula is C31H28ClN3O5. The molecule has 40 heavy (non-hydrogen) atoms. The van der Waals surface area contributed by atoms with Crippen molar-refractivity contribution in [1.29, 1.82) is 0 Å². The van der Waals surface area contributed by atoms with Gasteiger partial charge in [0.1, 0.15) is 0 Å². The van der Waals surface area contributed by atoms with Gasteiger partial charge in [-0.1, -0.05) is 48.0 Å². The van der Waals surface area contributed by atoms with E-state index in [1.54, 1.807) is 36.2 Å². The quantitative estimate of drug-likeness (QED) is 0.343. The van der Waals surface area contributed by atoms with Crippen molar-refractivity contribution in [2.45, 2.75) is 43.6 Å². The van der Waals surface area contributed by atoms with Gasteiger partial charge in [0.25, 0.3) is 5.69 Å². The van der Waals surface area contributed by atoms with E-state index in [4.69, 9.17) is 11.6 Å². The number of carbonyl (C=O) groups excluding carboxylic acids is 3. The number of benzene rings is 3. The molecule has 1 heterocycles. The highest BCUT2D eigenvalue weighted by Gasteiger charge is 2.74. The molecule has 3 aromatic rings. The molecule has 5 unspecified atom stereocenters. The van der Waals surface area contributed by atoms with Gasteiger partial charge in [-0.2, -0.15) is 0 Å². The van der Waals surface area contributed by atoms with Gasteiger partial charge < -0.3 is 10.2 Å². The third-order valence-corrected chi connectivity index (χ3v) is 8.86. The third-order valence-electron chi connectivity index (χ3n) is 8.62. The lowest BCUT2D eigenvalue weighted by atomic mass is 9.63. The van der Waals surface area contributed by atoms with Gasteiger partial charge >= 0.3 is 0 Å². The topological polar surface area (TPSA) is 110 Å². The average Bonchev–Trinajstić information content (AvgIpc) is 3.44. The van der Waals surface area contributed by atoms with Gasteiger partial charge in [0.05, 0.1) is 16.3 Å². The Morgan fingerprint density at radius 1 is 1.02 bits per heavy atom. The number of nitrogens with zero attached hydrogens (tertiary/aromatic N) is 2. The fourth-order valence-electron chi connectivity index (χ4n) is 7.39. The van der Waals surface area contributed by atoms with E-state index in [0.29, 0.717) is 21.8 Å². The van der Waals surface area contributed by atoms with Crippen molar-refractivity contribution < 1.29 is 19.3 Å². The summed E-state index contributed by atoms with van der Waals surface area (Å²) < 4.78 is 0. The number of hydrogen-bond acceptors (Lipinski definition) is 5. The van der Waals surface area contributed by atoms with E-state index in [2.05, 4.69) is 5.32 Å². The van der Waals surface area contributed by atoms with Crippen LogP contribution in [0.15, 0.2) is 66.7 Å². The molecule has 2 aliphatic carbocycles. The fourth-order valence-corrected chi connectivity index (χ4v) is 7.56. The largest absolute Gasteiger partial charge is 0.351 e. The molecule has 0 saturated heterocycles. The van der Waals surface area contributed by atoms with E-state index >= 15 is 0 Å². The Morgan fingerprint density at radius 2 is 1.73 bits per heavy atom. The molecule has 0 bridgehead atoms. The molecule has 2 amide bonds. The van der Waals surface area contributed by atoms with Gasteiger partial charge in [-0.05, 0) is 55.7 Å². The van der Waals surface area contributed by atoms with Crippen LogP contribution in [0.25, 0.3) is 0 Å². The van der Waals surface area contributed by atoms with Crippen LogP contribution < -0.4 is 10.2 Å². The van der Waals surface area contributed by atoms with E-state index in [9.17, 15) is 24.5 Å². The van der Waals surface area contributed by atoms with Gasteiger partial charge in [-0.3, -0.25) is 24.5 Å². The number of rotatable bonds is 3. The molecule has 1 N–H and O–H groups in total. The van der Waals surface area contributed by atoms with Crippen molar-refractivity contribution in [3.63, 3.8) is 0 Å². The van der Waals surface area contributed by atoms with Crippen LogP contribution >= 0.6 is 11.6 Å². The van der Waals surface area contributed by atoms with Crippen molar-refractivity contribution >= 4 is 40.6 Å². The number of non-ortho nitro benzene ring substituents is 1. The van der Waals surface area contributed by atoms with Gasteiger partial charge in [0.15, 0.2) is 5.78 Å². The summed E-state index contributed by atoms with van der Waals surface area (Å²) in [5.41, 5.74) is 0.537. The number of nitro groups is 1. The molecule has 3 aromatic carbocycles. The molecule has 1 spiro atoms. The standard InChI is InChI=1S/C31H28ClN3O5/c1-30(2,3)33-28(37)26-23-19-12-11-18(35(39)40)15-20(19)27(36)24(23)25(16-8-6-5-7-9-16)31(26)21-14-17(32)10-13-22(21)34(4)29(31)38/h5-15,23-26H,1-4H3,(H,33,37). The van der Waals surface area contributed by atoms with Crippen LogP contribution in [0.4, 0.5) is 11.4 Å². The minimum Gasteiger partial charge on any atom is -0.351 e. The number of nitrogens with one attached hydrogen (secondary N) is 1. The summed E-state index contributed by atoms with van der Waals surface area (Å²) in [6.07, 6.45) is 0. The summed E-state index contributed by atoms with van der Waals surface area (Å²) >= 11 is 6.52. The minimum atomic E-state index is -1.43. The molecule has 6 rings (SSSR count). The number of ketones is 1. The van der Waals surface area contributed by atoms with E-state index < -0.39 is 39.5 Å². The fraction of sp³-hybridized carbons (Fsp3) is 0.323. The van der Waals surface area contributed by atoms with Crippen LogP contribution in [-0.2, 0) is 15.0 Å². The first-order valence-electron chi connectivity index (χ1n) is 13.2. The molecule has 8 nitrogen and oxygen atoms in total. The third kappa shape index (κ3) is 3.48. The zero-order valence-electron chi connectivity index (χ0n) is 22.5. The number of hydrogen-bond donors (Lipinski definition) is 1. The summed E-state index contributed by atoms with van der Waals surface area (Å²) in [5, 5.41) is 15.1. The normalized spacial score (nSPS) is 26.6. The van der Waals surface area contributed by atoms with Crippen LogP contribution in [0.3, 0.4) is 0 Å². The molecular weight excluding hydrogens is 530 g/mol. The van der Waals surface area contributed by atoms with Crippen molar-refractivity contribution in [2.24, 2.45) is 11.8 Å². The molecule has 9 heteroatoms. The highest BCUT2D eigenvalue weighted by molar-refractivity contribution is 6.31. The maximum Gasteiger partial charge on any atom is 0.270 e. The summed E-state index contributed by atoms with van der Waals surface area (Å²) in [5.74, 6) is -4.11.